The average molecular weight is 187 g/mol. The van der Waals surface area contributed by atoms with Gasteiger partial charge >= 0.3 is 0 Å². The molecule has 2 rings (SSSR count). The second kappa shape index (κ2) is 3.92. The topological polar surface area (TPSA) is 61.7 Å². The Kier molecular flexibility index (Phi) is 2.83. The van der Waals surface area contributed by atoms with Gasteiger partial charge in [0.25, 0.3) is 0 Å². The zero-order chi connectivity index (χ0) is 9.26. The molecule has 3 N–H and O–H groups in total. The lowest BCUT2D eigenvalue weighted by Gasteiger charge is -2.33. The predicted octanol–water partition coefficient (Wildman–Crippen LogP) is -1.04. The summed E-state index contributed by atoms with van der Waals surface area (Å²) >= 11 is 0. The van der Waals surface area contributed by atoms with Crippen molar-refractivity contribution >= 4 is 0 Å². The molecule has 0 aromatic carbocycles. The number of aliphatic hydroxyl groups excluding tert-OH is 2. The SMILES string of the molecule is OC1CCNCC1C1COCC1O. The van der Waals surface area contributed by atoms with Crippen molar-refractivity contribution in [1.29, 1.82) is 0 Å². The molecule has 0 aromatic rings. The first-order valence-electron chi connectivity index (χ1n) is 4.93. The number of piperidine rings is 1. The Hall–Kier alpha value is -0.160. The summed E-state index contributed by atoms with van der Waals surface area (Å²) in [5.41, 5.74) is 0. The molecule has 0 bridgehead atoms. The van der Waals surface area contributed by atoms with Crippen LogP contribution in [0, 0.1) is 11.8 Å². The molecule has 13 heavy (non-hydrogen) atoms. The Morgan fingerprint density at radius 2 is 1.92 bits per heavy atom. The van der Waals surface area contributed by atoms with Crippen LogP contribution in [-0.4, -0.2) is 48.7 Å². The van der Waals surface area contributed by atoms with Crippen LogP contribution in [0.25, 0.3) is 0 Å². The maximum atomic E-state index is 9.74. The van der Waals surface area contributed by atoms with Gasteiger partial charge in [-0.2, -0.15) is 0 Å². The van der Waals surface area contributed by atoms with E-state index in [1.165, 1.54) is 0 Å². The number of hydrogen-bond acceptors (Lipinski definition) is 4. The van der Waals surface area contributed by atoms with Crippen LogP contribution in [0.15, 0.2) is 0 Å². The van der Waals surface area contributed by atoms with E-state index in [1.807, 2.05) is 0 Å². The maximum Gasteiger partial charge on any atom is 0.0827 e. The number of ether oxygens (including phenoxy) is 1. The Bertz CT molecular complexity index is 176. The van der Waals surface area contributed by atoms with Crippen molar-refractivity contribution in [2.24, 2.45) is 11.8 Å². The van der Waals surface area contributed by atoms with Crippen LogP contribution in [0.5, 0.6) is 0 Å². The lowest BCUT2D eigenvalue weighted by atomic mass is 9.82. The van der Waals surface area contributed by atoms with E-state index in [-0.39, 0.29) is 24.0 Å². The van der Waals surface area contributed by atoms with Gasteiger partial charge in [0, 0.05) is 18.4 Å². The first-order chi connectivity index (χ1) is 6.29. The summed E-state index contributed by atoms with van der Waals surface area (Å²) in [7, 11) is 0. The summed E-state index contributed by atoms with van der Waals surface area (Å²) in [6.45, 7) is 2.69. The fourth-order valence-corrected chi connectivity index (χ4v) is 2.27. The molecular formula is C9H17NO3. The summed E-state index contributed by atoms with van der Waals surface area (Å²) < 4.78 is 5.18. The molecule has 4 heteroatoms. The van der Waals surface area contributed by atoms with E-state index in [9.17, 15) is 10.2 Å². The number of hydrogen-bond donors (Lipinski definition) is 3. The van der Waals surface area contributed by atoms with Gasteiger partial charge in [0.15, 0.2) is 0 Å². The monoisotopic (exact) mass is 187 g/mol. The van der Waals surface area contributed by atoms with Crippen LogP contribution in [0.4, 0.5) is 0 Å². The van der Waals surface area contributed by atoms with Crippen LogP contribution in [-0.2, 0) is 4.74 Å². The van der Waals surface area contributed by atoms with E-state index in [0.29, 0.717) is 13.2 Å². The van der Waals surface area contributed by atoms with E-state index >= 15 is 0 Å². The Labute approximate surface area is 77.9 Å². The molecule has 0 aliphatic carbocycles. The molecule has 2 aliphatic rings. The standard InChI is InChI=1S/C9H17NO3/c11-8-1-2-10-3-6(8)7-4-13-5-9(7)12/h6-12H,1-5H2. The van der Waals surface area contributed by atoms with Gasteiger partial charge in [0.2, 0.25) is 0 Å². The molecular weight excluding hydrogens is 170 g/mol. The number of nitrogens with one attached hydrogen (secondary N) is 1. The smallest absolute Gasteiger partial charge is 0.0827 e. The third-order valence-corrected chi connectivity index (χ3v) is 3.13. The van der Waals surface area contributed by atoms with Gasteiger partial charge in [-0.3, -0.25) is 0 Å². The highest BCUT2D eigenvalue weighted by Crippen LogP contribution is 2.27. The molecule has 76 valence electrons. The molecule has 0 amide bonds. The van der Waals surface area contributed by atoms with Crippen LogP contribution < -0.4 is 5.32 Å². The molecule has 0 aromatic heterocycles. The first-order valence-corrected chi connectivity index (χ1v) is 4.93. The zero-order valence-electron chi connectivity index (χ0n) is 7.65. The molecule has 2 fully saturated rings. The van der Waals surface area contributed by atoms with Gasteiger partial charge in [0.05, 0.1) is 25.4 Å². The maximum absolute atomic E-state index is 9.74. The molecule has 4 atom stereocenters. The Balaban J connectivity index is 1.97. The van der Waals surface area contributed by atoms with Crippen molar-refractivity contribution in [1.82, 2.24) is 5.32 Å². The molecule has 2 saturated heterocycles. The van der Waals surface area contributed by atoms with Crippen molar-refractivity contribution in [2.45, 2.75) is 18.6 Å². The molecule has 0 saturated carbocycles. The van der Waals surface area contributed by atoms with Crippen molar-refractivity contribution in [3.8, 4) is 0 Å². The van der Waals surface area contributed by atoms with Crippen molar-refractivity contribution in [3.05, 3.63) is 0 Å². The van der Waals surface area contributed by atoms with Crippen LogP contribution in [0.2, 0.25) is 0 Å². The lowest BCUT2D eigenvalue weighted by molar-refractivity contribution is 0.0125. The lowest BCUT2D eigenvalue weighted by Crippen LogP contribution is -2.46. The molecule has 0 spiro atoms. The van der Waals surface area contributed by atoms with Crippen molar-refractivity contribution in [3.63, 3.8) is 0 Å². The van der Waals surface area contributed by atoms with E-state index < -0.39 is 0 Å². The molecule has 2 heterocycles. The van der Waals surface area contributed by atoms with Crippen LogP contribution in [0.3, 0.4) is 0 Å². The summed E-state index contributed by atoms with van der Waals surface area (Å²) in [4.78, 5) is 0. The van der Waals surface area contributed by atoms with E-state index in [1.54, 1.807) is 0 Å². The minimum Gasteiger partial charge on any atom is -0.393 e. The van der Waals surface area contributed by atoms with E-state index in [2.05, 4.69) is 5.32 Å². The van der Waals surface area contributed by atoms with Gasteiger partial charge < -0.3 is 20.3 Å². The minimum absolute atomic E-state index is 0.114. The third-order valence-electron chi connectivity index (χ3n) is 3.13. The summed E-state index contributed by atoms with van der Waals surface area (Å²) in [6.07, 6.45) is 0.121. The average Bonchev–Trinajstić information content (AvgIpc) is 2.52. The highest BCUT2D eigenvalue weighted by Gasteiger charge is 2.38. The summed E-state index contributed by atoms with van der Waals surface area (Å²) in [6, 6.07) is 0. The van der Waals surface area contributed by atoms with Gasteiger partial charge in [-0.25, -0.2) is 0 Å². The summed E-state index contributed by atoms with van der Waals surface area (Å²) in [5, 5.41) is 22.6. The fraction of sp³-hybridized carbons (Fsp3) is 1.00. The molecule has 4 nitrogen and oxygen atoms in total. The van der Waals surface area contributed by atoms with Crippen molar-refractivity contribution < 1.29 is 14.9 Å². The quantitative estimate of drug-likeness (QED) is 0.491. The largest absolute Gasteiger partial charge is 0.393 e. The Morgan fingerprint density at radius 1 is 1.08 bits per heavy atom. The van der Waals surface area contributed by atoms with Gasteiger partial charge in [0.1, 0.15) is 0 Å². The minimum atomic E-state index is -0.389. The zero-order valence-corrected chi connectivity index (χ0v) is 7.65. The van der Waals surface area contributed by atoms with E-state index in [4.69, 9.17) is 4.74 Å². The molecule has 2 aliphatic heterocycles. The molecule has 0 radical (unpaired) electrons. The highest BCUT2D eigenvalue weighted by molar-refractivity contribution is 4.88. The van der Waals surface area contributed by atoms with Crippen molar-refractivity contribution in [2.75, 3.05) is 26.3 Å². The first kappa shape index (κ1) is 9.40. The number of aliphatic hydroxyl groups is 2. The highest BCUT2D eigenvalue weighted by atomic mass is 16.5. The fourth-order valence-electron chi connectivity index (χ4n) is 2.27. The van der Waals surface area contributed by atoms with Crippen LogP contribution >= 0.6 is 0 Å². The summed E-state index contributed by atoms with van der Waals surface area (Å²) in [5.74, 6) is 0.272. The van der Waals surface area contributed by atoms with Gasteiger partial charge in [-0.1, -0.05) is 0 Å². The number of rotatable bonds is 1. The van der Waals surface area contributed by atoms with Gasteiger partial charge in [-0.15, -0.1) is 0 Å². The normalized spacial score (nSPS) is 46.6. The second-order valence-corrected chi connectivity index (χ2v) is 3.99. The van der Waals surface area contributed by atoms with Crippen LogP contribution in [0.1, 0.15) is 6.42 Å². The second-order valence-electron chi connectivity index (χ2n) is 3.99. The third kappa shape index (κ3) is 1.86. The van der Waals surface area contributed by atoms with Gasteiger partial charge in [-0.05, 0) is 13.0 Å². The molecule has 4 unspecified atom stereocenters. The van der Waals surface area contributed by atoms with E-state index in [0.717, 1.165) is 19.5 Å². The predicted molar refractivity (Wildman–Crippen MR) is 47.3 cm³/mol. The Morgan fingerprint density at radius 3 is 2.54 bits per heavy atom.